The van der Waals surface area contributed by atoms with Gasteiger partial charge in [0.25, 0.3) is 0 Å². The number of amides is 2. The van der Waals surface area contributed by atoms with Crippen molar-refractivity contribution in [3.05, 3.63) is 36.3 Å². The average molecular weight is 327 g/mol. The molecule has 3 rings (SSSR count). The first-order valence-electron chi connectivity index (χ1n) is 8.69. The normalized spacial score (nSPS) is 15.7. The molecular weight excluding hydrogens is 302 g/mol. The molecule has 0 aromatic carbocycles. The second-order valence-corrected chi connectivity index (χ2v) is 6.47. The van der Waals surface area contributed by atoms with Crippen molar-refractivity contribution in [1.82, 2.24) is 25.4 Å². The fourth-order valence-electron chi connectivity index (χ4n) is 3.10. The molecule has 0 atom stereocenters. The molecule has 1 aliphatic rings. The van der Waals surface area contributed by atoms with Crippen molar-refractivity contribution in [2.24, 2.45) is 7.05 Å². The molecule has 128 valence electrons. The van der Waals surface area contributed by atoms with E-state index in [0.717, 1.165) is 29.7 Å². The van der Waals surface area contributed by atoms with Crippen LogP contribution in [0.1, 0.15) is 44.1 Å². The molecule has 0 aliphatic heterocycles. The second-order valence-electron chi connectivity index (χ2n) is 6.47. The van der Waals surface area contributed by atoms with Crippen molar-refractivity contribution >= 4 is 6.03 Å². The molecule has 0 saturated heterocycles. The van der Waals surface area contributed by atoms with Crippen molar-refractivity contribution in [1.29, 1.82) is 0 Å². The highest BCUT2D eigenvalue weighted by molar-refractivity contribution is 5.74. The van der Waals surface area contributed by atoms with Gasteiger partial charge in [0.15, 0.2) is 0 Å². The number of rotatable bonds is 4. The van der Waals surface area contributed by atoms with Crippen LogP contribution in [0.15, 0.2) is 30.7 Å². The van der Waals surface area contributed by atoms with Gasteiger partial charge in [0, 0.05) is 37.6 Å². The predicted molar refractivity (Wildman–Crippen MR) is 93.3 cm³/mol. The van der Waals surface area contributed by atoms with E-state index in [-0.39, 0.29) is 6.03 Å². The lowest BCUT2D eigenvalue weighted by atomic mass is 10.1. The van der Waals surface area contributed by atoms with Crippen LogP contribution in [0.2, 0.25) is 0 Å². The first-order chi connectivity index (χ1) is 11.7. The van der Waals surface area contributed by atoms with Gasteiger partial charge in [0.2, 0.25) is 0 Å². The van der Waals surface area contributed by atoms with E-state index >= 15 is 0 Å². The van der Waals surface area contributed by atoms with Crippen LogP contribution in [0, 0.1) is 0 Å². The predicted octanol–water partition coefficient (Wildman–Crippen LogP) is 3.00. The van der Waals surface area contributed by atoms with E-state index in [2.05, 4.69) is 20.7 Å². The van der Waals surface area contributed by atoms with Gasteiger partial charge in [0.05, 0.1) is 11.9 Å². The number of nitrogens with one attached hydrogen (secondary N) is 2. The Kier molecular flexibility index (Phi) is 5.46. The van der Waals surface area contributed by atoms with Gasteiger partial charge in [0.1, 0.15) is 0 Å². The summed E-state index contributed by atoms with van der Waals surface area (Å²) in [5.74, 6) is 0. The van der Waals surface area contributed by atoms with Gasteiger partial charge in [-0.1, -0.05) is 31.7 Å². The van der Waals surface area contributed by atoms with E-state index < -0.39 is 0 Å². The number of aromatic nitrogens is 3. The van der Waals surface area contributed by atoms with E-state index in [9.17, 15) is 4.79 Å². The number of aryl methyl sites for hydroxylation is 1. The highest BCUT2D eigenvalue weighted by Gasteiger charge is 2.14. The van der Waals surface area contributed by atoms with Crippen LogP contribution in [0.4, 0.5) is 4.79 Å². The molecule has 0 spiro atoms. The maximum Gasteiger partial charge on any atom is 0.315 e. The Balaban J connectivity index is 1.48. The molecule has 6 nitrogen and oxygen atoms in total. The lowest BCUT2D eigenvalue weighted by molar-refractivity contribution is 0.235. The van der Waals surface area contributed by atoms with E-state index in [1.54, 1.807) is 17.1 Å². The topological polar surface area (TPSA) is 71.8 Å². The third kappa shape index (κ3) is 4.57. The molecule has 6 heteroatoms. The number of nitrogens with zero attached hydrogens (tertiary/aromatic N) is 3. The van der Waals surface area contributed by atoms with Crippen molar-refractivity contribution in [3.63, 3.8) is 0 Å². The SMILES string of the molecule is Cn1cc(-c2ccc(CNC(=O)NC3CCCCCC3)cn2)cn1. The minimum atomic E-state index is -0.0850. The van der Waals surface area contributed by atoms with E-state index in [0.29, 0.717) is 12.6 Å². The lowest BCUT2D eigenvalue weighted by Gasteiger charge is -2.16. The van der Waals surface area contributed by atoms with Crippen molar-refractivity contribution in [3.8, 4) is 11.3 Å². The fraction of sp³-hybridized carbons (Fsp3) is 0.500. The Bertz CT molecular complexity index is 656. The van der Waals surface area contributed by atoms with Crippen LogP contribution < -0.4 is 10.6 Å². The summed E-state index contributed by atoms with van der Waals surface area (Å²) < 4.78 is 1.75. The first-order valence-corrected chi connectivity index (χ1v) is 8.69. The maximum absolute atomic E-state index is 12.0. The zero-order valence-electron chi connectivity index (χ0n) is 14.2. The Morgan fingerprint density at radius 2 is 2.00 bits per heavy atom. The summed E-state index contributed by atoms with van der Waals surface area (Å²) in [4.78, 5) is 16.5. The first kappa shape index (κ1) is 16.5. The molecule has 2 heterocycles. The van der Waals surface area contributed by atoms with Crippen LogP contribution in [0.5, 0.6) is 0 Å². The van der Waals surface area contributed by atoms with Crippen molar-refractivity contribution < 1.29 is 4.79 Å². The quantitative estimate of drug-likeness (QED) is 0.848. The summed E-state index contributed by atoms with van der Waals surface area (Å²) in [7, 11) is 1.88. The van der Waals surface area contributed by atoms with Gasteiger partial charge in [-0.05, 0) is 24.5 Å². The molecule has 2 N–H and O–H groups in total. The van der Waals surface area contributed by atoms with Gasteiger partial charge in [-0.25, -0.2) is 4.79 Å². The summed E-state index contributed by atoms with van der Waals surface area (Å²) >= 11 is 0. The number of carbonyl (C=O) groups excluding carboxylic acids is 1. The van der Waals surface area contributed by atoms with Gasteiger partial charge < -0.3 is 10.6 Å². The standard InChI is InChI=1S/C18H25N5O/c1-23-13-15(12-21-23)17-9-8-14(10-19-17)11-20-18(24)22-16-6-4-2-3-5-7-16/h8-10,12-13,16H,2-7,11H2,1H3,(H2,20,22,24). The molecule has 24 heavy (non-hydrogen) atoms. The summed E-state index contributed by atoms with van der Waals surface area (Å²) in [6.45, 7) is 0.485. The van der Waals surface area contributed by atoms with E-state index in [4.69, 9.17) is 0 Å². The van der Waals surface area contributed by atoms with E-state index in [1.807, 2.05) is 25.4 Å². The Morgan fingerprint density at radius 1 is 1.21 bits per heavy atom. The second kappa shape index (κ2) is 7.95. The van der Waals surface area contributed by atoms with Gasteiger partial charge in [-0.2, -0.15) is 5.10 Å². The summed E-state index contributed by atoms with van der Waals surface area (Å²) in [6, 6.07) is 4.18. The monoisotopic (exact) mass is 327 g/mol. The Labute approximate surface area is 142 Å². The molecule has 0 radical (unpaired) electrons. The molecular formula is C18H25N5O. The smallest absolute Gasteiger partial charge is 0.315 e. The minimum absolute atomic E-state index is 0.0850. The summed E-state index contributed by atoms with van der Waals surface area (Å²) in [5, 5.41) is 10.2. The van der Waals surface area contributed by atoms with Crippen LogP contribution >= 0.6 is 0 Å². The lowest BCUT2D eigenvalue weighted by Crippen LogP contribution is -2.41. The maximum atomic E-state index is 12.0. The third-order valence-electron chi connectivity index (χ3n) is 4.47. The molecule has 0 bridgehead atoms. The third-order valence-corrected chi connectivity index (χ3v) is 4.47. The van der Waals surface area contributed by atoms with E-state index in [1.165, 1.54) is 25.7 Å². The van der Waals surface area contributed by atoms with Gasteiger partial charge in [-0.3, -0.25) is 9.67 Å². The molecule has 2 aromatic rings. The van der Waals surface area contributed by atoms with Crippen LogP contribution in [-0.4, -0.2) is 26.8 Å². The molecule has 1 aliphatic carbocycles. The molecule has 1 saturated carbocycles. The van der Waals surface area contributed by atoms with Crippen LogP contribution in [0.25, 0.3) is 11.3 Å². The van der Waals surface area contributed by atoms with Crippen molar-refractivity contribution in [2.75, 3.05) is 0 Å². The van der Waals surface area contributed by atoms with Crippen LogP contribution in [-0.2, 0) is 13.6 Å². The number of urea groups is 1. The molecule has 2 aromatic heterocycles. The minimum Gasteiger partial charge on any atom is -0.335 e. The number of pyridine rings is 1. The highest BCUT2D eigenvalue weighted by atomic mass is 16.2. The zero-order valence-corrected chi connectivity index (χ0v) is 14.2. The Morgan fingerprint density at radius 3 is 2.62 bits per heavy atom. The number of carbonyl (C=O) groups is 1. The number of hydrogen-bond acceptors (Lipinski definition) is 3. The largest absolute Gasteiger partial charge is 0.335 e. The summed E-state index contributed by atoms with van der Waals surface area (Å²) in [6.07, 6.45) is 12.7. The van der Waals surface area contributed by atoms with Crippen LogP contribution in [0.3, 0.4) is 0 Å². The van der Waals surface area contributed by atoms with Crippen molar-refractivity contribution in [2.45, 2.75) is 51.1 Å². The fourth-order valence-corrected chi connectivity index (χ4v) is 3.10. The highest BCUT2D eigenvalue weighted by Crippen LogP contribution is 2.17. The van der Waals surface area contributed by atoms with Gasteiger partial charge in [-0.15, -0.1) is 0 Å². The Hall–Kier alpha value is -2.37. The summed E-state index contributed by atoms with van der Waals surface area (Å²) in [5.41, 5.74) is 2.86. The average Bonchev–Trinajstić information content (AvgIpc) is 2.86. The molecule has 0 unspecified atom stereocenters. The molecule has 1 fully saturated rings. The van der Waals surface area contributed by atoms with Gasteiger partial charge >= 0.3 is 6.03 Å². The number of hydrogen-bond donors (Lipinski definition) is 2. The molecule has 2 amide bonds. The zero-order chi connectivity index (χ0) is 16.8.